The highest BCUT2D eigenvalue weighted by Gasteiger charge is 2.23. The van der Waals surface area contributed by atoms with Crippen molar-refractivity contribution in [1.29, 1.82) is 0 Å². The molecule has 1 aliphatic heterocycles. The maximum absolute atomic E-state index is 13.0. The maximum Gasteiger partial charge on any atom is 0.257 e. The summed E-state index contributed by atoms with van der Waals surface area (Å²) in [6, 6.07) is 10.5. The van der Waals surface area contributed by atoms with E-state index < -0.39 is 0 Å². The van der Waals surface area contributed by atoms with Gasteiger partial charge in [0.15, 0.2) is 0 Å². The summed E-state index contributed by atoms with van der Waals surface area (Å²) in [5, 5.41) is 0. The number of rotatable bonds is 4. The number of hydrogen-bond acceptors (Lipinski definition) is 4. The van der Waals surface area contributed by atoms with Gasteiger partial charge in [0.1, 0.15) is 6.33 Å². The molecule has 0 atom stereocenters. The van der Waals surface area contributed by atoms with E-state index in [0.717, 1.165) is 44.8 Å². The number of amides is 1. The van der Waals surface area contributed by atoms with Crippen LogP contribution in [0.2, 0.25) is 0 Å². The molecule has 0 N–H and O–H groups in total. The number of benzene rings is 1. The molecule has 3 rings (SSSR count). The lowest BCUT2D eigenvalue weighted by atomic mass is 10.0. The Balaban J connectivity index is 1.66. The third-order valence-corrected chi connectivity index (χ3v) is 4.65. The number of carbonyl (C=O) groups excluding carboxylic acids is 1. The molecule has 1 aromatic heterocycles. The van der Waals surface area contributed by atoms with Crippen LogP contribution in [0.4, 0.5) is 0 Å². The van der Waals surface area contributed by atoms with E-state index in [4.69, 9.17) is 0 Å². The van der Waals surface area contributed by atoms with E-state index in [9.17, 15) is 4.79 Å². The molecule has 0 spiro atoms. The Morgan fingerprint density at radius 1 is 1.12 bits per heavy atom. The Labute approximate surface area is 149 Å². The first kappa shape index (κ1) is 17.5. The number of aromatic nitrogens is 2. The van der Waals surface area contributed by atoms with E-state index in [-0.39, 0.29) is 11.8 Å². The Morgan fingerprint density at radius 2 is 1.92 bits per heavy atom. The van der Waals surface area contributed by atoms with Gasteiger partial charge in [0.05, 0.1) is 11.3 Å². The van der Waals surface area contributed by atoms with Gasteiger partial charge < -0.3 is 4.90 Å². The smallest absolute Gasteiger partial charge is 0.257 e. The predicted octanol–water partition coefficient (Wildman–Crippen LogP) is 2.95. The Bertz CT molecular complexity index is 702. The fourth-order valence-electron chi connectivity index (χ4n) is 3.31. The van der Waals surface area contributed by atoms with E-state index in [1.54, 1.807) is 6.20 Å². The van der Waals surface area contributed by atoms with Crippen molar-refractivity contribution < 1.29 is 4.79 Å². The fraction of sp³-hybridized carbons (Fsp3) is 0.450. The summed E-state index contributed by atoms with van der Waals surface area (Å²) < 4.78 is 0. The van der Waals surface area contributed by atoms with Gasteiger partial charge in [-0.2, -0.15) is 0 Å². The number of hydrogen-bond donors (Lipinski definition) is 0. The van der Waals surface area contributed by atoms with Crippen LogP contribution in [-0.2, 0) is 6.54 Å². The molecule has 0 unspecified atom stereocenters. The van der Waals surface area contributed by atoms with Gasteiger partial charge in [0, 0.05) is 38.9 Å². The normalized spacial score (nSPS) is 16.0. The molecule has 0 saturated carbocycles. The lowest BCUT2D eigenvalue weighted by Crippen LogP contribution is -2.35. The van der Waals surface area contributed by atoms with Crippen molar-refractivity contribution in [2.45, 2.75) is 32.7 Å². The lowest BCUT2D eigenvalue weighted by molar-refractivity contribution is 0.0758. The van der Waals surface area contributed by atoms with Gasteiger partial charge in [-0.15, -0.1) is 0 Å². The zero-order valence-electron chi connectivity index (χ0n) is 15.1. The Hall–Kier alpha value is -2.27. The minimum absolute atomic E-state index is 0.0610. The van der Waals surface area contributed by atoms with Crippen LogP contribution in [0.3, 0.4) is 0 Å². The van der Waals surface area contributed by atoms with Crippen molar-refractivity contribution in [3.8, 4) is 0 Å². The summed E-state index contributed by atoms with van der Waals surface area (Å²) in [7, 11) is 0. The Morgan fingerprint density at radius 3 is 2.68 bits per heavy atom. The third kappa shape index (κ3) is 4.42. The minimum Gasteiger partial charge on any atom is -0.337 e. The zero-order valence-corrected chi connectivity index (χ0v) is 15.1. The summed E-state index contributed by atoms with van der Waals surface area (Å²) in [6.45, 7) is 8.50. The summed E-state index contributed by atoms with van der Waals surface area (Å²) in [4.78, 5) is 25.7. The van der Waals surface area contributed by atoms with Crippen LogP contribution in [0.15, 0.2) is 42.9 Å². The molecule has 0 radical (unpaired) electrons. The molecule has 1 aromatic carbocycles. The topological polar surface area (TPSA) is 49.3 Å². The van der Waals surface area contributed by atoms with Crippen LogP contribution in [-0.4, -0.2) is 51.9 Å². The lowest BCUT2D eigenvalue weighted by Gasteiger charge is -2.23. The summed E-state index contributed by atoms with van der Waals surface area (Å²) >= 11 is 0. The molecule has 25 heavy (non-hydrogen) atoms. The molecule has 2 heterocycles. The quantitative estimate of drug-likeness (QED) is 0.860. The second-order valence-electron chi connectivity index (χ2n) is 6.88. The third-order valence-electron chi connectivity index (χ3n) is 4.65. The van der Waals surface area contributed by atoms with E-state index in [2.05, 4.69) is 53.0 Å². The van der Waals surface area contributed by atoms with Gasteiger partial charge in [-0.1, -0.05) is 44.2 Å². The van der Waals surface area contributed by atoms with Crippen LogP contribution >= 0.6 is 0 Å². The van der Waals surface area contributed by atoms with Gasteiger partial charge in [0.2, 0.25) is 0 Å². The highest BCUT2D eigenvalue weighted by Crippen LogP contribution is 2.18. The molecule has 0 bridgehead atoms. The Kier molecular flexibility index (Phi) is 5.76. The van der Waals surface area contributed by atoms with Crippen LogP contribution < -0.4 is 0 Å². The van der Waals surface area contributed by atoms with Crippen molar-refractivity contribution in [1.82, 2.24) is 19.8 Å². The maximum atomic E-state index is 13.0. The summed E-state index contributed by atoms with van der Waals surface area (Å²) in [6.07, 6.45) is 4.18. The average Bonchev–Trinajstić information content (AvgIpc) is 2.87. The second-order valence-corrected chi connectivity index (χ2v) is 6.88. The number of nitrogens with zero attached hydrogens (tertiary/aromatic N) is 4. The minimum atomic E-state index is 0.0610. The average molecular weight is 338 g/mol. The fourth-order valence-corrected chi connectivity index (χ4v) is 3.31. The molecule has 0 aliphatic carbocycles. The van der Waals surface area contributed by atoms with Gasteiger partial charge in [-0.05, 0) is 17.9 Å². The molecular formula is C20H26N4O. The van der Waals surface area contributed by atoms with Crippen LogP contribution in [0.5, 0.6) is 0 Å². The highest BCUT2D eigenvalue weighted by atomic mass is 16.2. The molecule has 2 aromatic rings. The van der Waals surface area contributed by atoms with Crippen LogP contribution in [0.1, 0.15) is 47.8 Å². The molecule has 1 amide bonds. The van der Waals surface area contributed by atoms with E-state index in [1.165, 1.54) is 11.9 Å². The van der Waals surface area contributed by atoms with Crippen molar-refractivity contribution >= 4 is 5.91 Å². The van der Waals surface area contributed by atoms with Gasteiger partial charge in [-0.25, -0.2) is 9.97 Å². The molecule has 132 valence electrons. The molecular weight excluding hydrogens is 312 g/mol. The standard InChI is InChI=1S/C20H26N4O/c1-16(2)19-18(13-21-15-22-19)20(25)24-10-6-9-23(11-12-24)14-17-7-4-3-5-8-17/h3-5,7-8,13,15-16H,6,9-12,14H2,1-2H3. The van der Waals surface area contributed by atoms with Crippen molar-refractivity contribution in [2.24, 2.45) is 0 Å². The first-order chi connectivity index (χ1) is 12.1. The SMILES string of the molecule is CC(C)c1ncncc1C(=O)N1CCCN(Cc2ccccc2)CC1. The first-order valence-electron chi connectivity index (χ1n) is 9.00. The van der Waals surface area contributed by atoms with Gasteiger partial charge in [0.25, 0.3) is 5.91 Å². The molecule has 1 saturated heterocycles. The number of carbonyl (C=O) groups is 1. The van der Waals surface area contributed by atoms with Gasteiger partial charge >= 0.3 is 0 Å². The highest BCUT2D eigenvalue weighted by molar-refractivity contribution is 5.95. The summed E-state index contributed by atoms with van der Waals surface area (Å²) in [5.74, 6) is 0.273. The van der Waals surface area contributed by atoms with E-state index in [0.29, 0.717) is 5.56 Å². The van der Waals surface area contributed by atoms with Crippen molar-refractivity contribution in [2.75, 3.05) is 26.2 Å². The van der Waals surface area contributed by atoms with Crippen molar-refractivity contribution in [3.05, 3.63) is 59.7 Å². The molecule has 1 aliphatic rings. The first-order valence-corrected chi connectivity index (χ1v) is 9.00. The van der Waals surface area contributed by atoms with E-state index in [1.807, 2.05) is 11.0 Å². The largest absolute Gasteiger partial charge is 0.337 e. The van der Waals surface area contributed by atoms with Crippen LogP contribution in [0, 0.1) is 0 Å². The van der Waals surface area contributed by atoms with Crippen LogP contribution in [0.25, 0.3) is 0 Å². The predicted molar refractivity (Wildman–Crippen MR) is 98.4 cm³/mol. The summed E-state index contributed by atoms with van der Waals surface area (Å²) in [5.41, 5.74) is 2.81. The monoisotopic (exact) mass is 338 g/mol. The van der Waals surface area contributed by atoms with Crippen molar-refractivity contribution in [3.63, 3.8) is 0 Å². The second kappa shape index (κ2) is 8.21. The molecule has 5 nitrogen and oxygen atoms in total. The zero-order chi connectivity index (χ0) is 17.6. The molecule has 5 heteroatoms. The van der Waals surface area contributed by atoms with Gasteiger partial charge in [-0.3, -0.25) is 9.69 Å². The van der Waals surface area contributed by atoms with E-state index >= 15 is 0 Å². The molecule has 1 fully saturated rings.